The van der Waals surface area contributed by atoms with E-state index in [4.69, 9.17) is 4.74 Å². The van der Waals surface area contributed by atoms with Crippen molar-refractivity contribution in [1.29, 1.82) is 0 Å². The van der Waals surface area contributed by atoms with Crippen molar-refractivity contribution in [3.05, 3.63) is 0 Å². The fourth-order valence-corrected chi connectivity index (χ4v) is 2.55. The van der Waals surface area contributed by atoms with Gasteiger partial charge in [-0.3, -0.25) is 4.79 Å². The van der Waals surface area contributed by atoms with E-state index in [1.54, 1.807) is 0 Å². The quantitative estimate of drug-likeness (QED) is 0.614. The topological polar surface area (TPSA) is 26.3 Å². The zero-order valence-corrected chi connectivity index (χ0v) is 7.64. The van der Waals surface area contributed by atoms with Gasteiger partial charge in [0.1, 0.15) is 5.78 Å². The second-order valence-electron chi connectivity index (χ2n) is 4.13. The molecule has 1 unspecified atom stereocenters. The smallest absolute Gasteiger partial charge is 0.449 e. The Labute approximate surface area is 79.9 Å². The highest BCUT2D eigenvalue weighted by Crippen LogP contribution is 2.59. The summed E-state index contributed by atoms with van der Waals surface area (Å²) < 4.78 is 42.7. The molecule has 2 nitrogen and oxygen atoms in total. The van der Waals surface area contributed by atoms with Gasteiger partial charge in [0.05, 0.1) is 0 Å². The average molecular weight is 207 g/mol. The van der Waals surface area contributed by atoms with Crippen LogP contribution in [0.15, 0.2) is 0 Å². The SMILES string of the molecule is O=C1CC([B-](F)(F)F)C12CCOCC2. The lowest BCUT2D eigenvalue weighted by Gasteiger charge is -2.54. The zero-order chi connectivity index (χ0) is 10.4. The molecular formula is C8H11BF3O2-. The molecule has 6 heteroatoms. The predicted molar refractivity (Wildman–Crippen MR) is 44.9 cm³/mol. The van der Waals surface area contributed by atoms with E-state index in [1.807, 2.05) is 0 Å². The Kier molecular flexibility index (Phi) is 2.14. The molecule has 1 aliphatic heterocycles. The molecule has 1 saturated carbocycles. The van der Waals surface area contributed by atoms with Crippen molar-refractivity contribution >= 4 is 12.8 Å². The van der Waals surface area contributed by atoms with Gasteiger partial charge in [0.2, 0.25) is 0 Å². The van der Waals surface area contributed by atoms with Crippen LogP contribution in [-0.4, -0.2) is 26.0 Å². The molecule has 1 atom stereocenters. The molecule has 0 radical (unpaired) electrons. The minimum absolute atomic E-state index is 0.218. The molecule has 1 heterocycles. The lowest BCUT2D eigenvalue weighted by Crippen LogP contribution is -2.56. The number of ketones is 1. The van der Waals surface area contributed by atoms with Gasteiger partial charge in [-0.05, 0) is 19.3 Å². The van der Waals surface area contributed by atoms with Crippen molar-refractivity contribution < 1.29 is 22.5 Å². The molecule has 0 N–H and O–H groups in total. The van der Waals surface area contributed by atoms with E-state index < -0.39 is 18.2 Å². The van der Waals surface area contributed by atoms with E-state index in [2.05, 4.69) is 0 Å². The molecule has 0 amide bonds. The molecule has 0 aromatic carbocycles. The van der Waals surface area contributed by atoms with Crippen molar-refractivity contribution in [3.63, 3.8) is 0 Å². The van der Waals surface area contributed by atoms with Gasteiger partial charge in [-0.2, -0.15) is 0 Å². The predicted octanol–water partition coefficient (Wildman–Crippen LogP) is 1.97. The molecule has 14 heavy (non-hydrogen) atoms. The summed E-state index contributed by atoms with van der Waals surface area (Å²) in [5, 5.41) is 0. The van der Waals surface area contributed by atoms with Crippen molar-refractivity contribution in [2.24, 2.45) is 5.41 Å². The minimum Gasteiger partial charge on any atom is -0.449 e. The number of carbonyl (C=O) groups is 1. The molecule has 1 spiro atoms. The standard InChI is InChI=1S/C8H11BF3O2/c10-9(11,12)6-5-7(13)8(6)1-3-14-4-2-8/h6H,1-5H2/q-1. The first kappa shape index (κ1) is 10.0. The van der Waals surface area contributed by atoms with E-state index in [0.29, 0.717) is 0 Å². The highest BCUT2D eigenvalue weighted by molar-refractivity contribution is 6.62. The highest BCUT2D eigenvalue weighted by atomic mass is 19.4. The second-order valence-corrected chi connectivity index (χ2v) is 4.13. The van der Waals surface area contributed by atoms with Crippen LogP contribution in [0.25, 0.3) is 0 Å². The molecule has 2 aliphatic rings. The van der Waals surface area contributed by atoms with Gasteiger partial charge in [-0.25, -0.2) is 0 Å². The second kappa shape index (κ2) is 2.99. The van der Waals surface area contributed by atoms with Gasteiger partial charge in [-0.1, -0.05) is 5.82 Å². The molecule has 80 valence electrons. The molecule has 0 aromatic rings. The van der Waals surface area contributed by atoms with E-state index in [-0.39, 0.29) is 38.3 Å². The molecule has 0 bridgehead atoms. The summed E-state index contributed by atoms with van der Waals surface area (Å²) in [6, 6.07) is 0. The zero-order valence-electron chi connectivity index (χ0n) is 7.64. The van der Waals surface area contributed by atoms with Crippen LogP contribution in [0.5, 0.6) is 0 Å². The summed E-state index contributed by atoms with van der Waals surface area (Å²) >= 11 is 0. The first-order valence-corrected chi connectivity index (χ1v) is 4.78. The summed E-state index contributed by atoms with van der Waals surface area (Å²) in [5.74, 6) is -1.58. The van der Waals surface area contributed by atoms with E-state index in [1.165, 1.54) is 0 Å². The van der Waals surface area contributed by atoms with Gasteiger partial charge in [0.15, 0.2) is 0 Å². The van der Waals surface area contributed by atoms with Crippen LogP contribution >= 0.6 is 0 Å². The third-order valence-electron chi connectivity index (χ3n) is 3.51. The van der Waals surface area contributed by atoms with Gasteiger partial charge in [-0.15, -0.1) is 0 Å². The number of hydrogen-bond acceptors (Lipinski definition) is 2. The summed E-state index contributed by atoms with van der Waals surface area (Å²) in [4.78, 5) is 11.3. The van der Waals surface area contributed by atoms with E-state index in [0.717, 1.165) is 0 Å². The van der Waals surface area contributed by atoms with Crippen molar-refractivity contribution in [1.82, 2.24) is 0 Å². The molecule has 1 aliphatic carbocycles. The maximum Gasteiger partial charge on any atom is 0.482 e. The number of halogens is 3. The van der Waals surface area contributed by atoms with Crippen LogP contribution in [0.1, 0.15) is 19.3 Å². The van der Waals surface area contributed by atoms with Crippen LogP contribution in [0.3, 0.4) is 0 Å². The Balaban J connectivity index is 2.18. The Morgan fingerprint density at radius 1 is 1.29 bits per heavy atom. The molecule has 2 fully saturated rings. The number of rotatable bonds is 1. The summed E-state index contributed by atoms with van der Waals surface area (Å²) in [5.41, 5.74) is -1.10. The number of hydrogen-bond donors (Lipinski definition) is 0. The Morgan fingerprint density at radius 2 is 1.86 bits per heavy atom. The van der Waals surface area contributed by atoms with Crippen molar-refractivity contribution in [2.75, 3.05) is 13.2 Å². The number of carbonyl (C=O) groups excluding carboxylic acids is 1. The van der Waals surface area contributed by atoms with Gasteiger partial charge in [0, 0.05) is 18.6 Å². The molecule has 2 rings (SSSR count). The van der Waals surface area contributed by atoms with Gasteiger partial charge < -0.3 is 17.7 Å². The van der Waals surface area contributed by atoms with Gasteiger partial charge >= 0.3 is 6.98 Å². The fraction of sp³-hybridized carbons (Fsp3) is 0.875. The Bertz CT molecular complexity index is 258. The highest BCUT2D eigenvalue weighted by Gasteiger charge is 2.60. The normalized spacial score (nSPS) is 31.6. The fourth-order valence-electron chi connectivity index (χ4n) is 2.55. The third-order valence-corrected chi connectivity index (χ3v) is 3.51. The summed E-state index contributed by atoms with van der Waals surface area (Å²) in [6.07, 6.45) is 0.193. The summed E-state index contributed by atoms with van der Waals surface area (Å²) in [7, 11) is 0. The maximum absolute atomic E-state index is 12.6. The third kappa shape index (κ3) is 1.27. The Morgan fingerprint density at radius 3 is 2.29 bits per heavy atom. The minimum atomic E-state index is -4.87. The van der Waals surface area contributed by atoms with Crippen LogP contribution in [0.4, 0.5) is 12.9 Å². The number of ether oxygens (including phenoxy) is 1. The van der Waals surface area contributed by atoms with Crippen LogP contribution < -0.4 is 0 Å². The molecule has 1 saturated heterocycles. The van der Waals surface area contributed by atoms with Crippen molar-refractivity contribution in [2.45, 2.75) is 25.1 Å². The van der Waals surface area contributed by atoms with E-state index in [9.17, 15) is 17.7 Å². The van der Waals surface area contributed by atoms with Crippen molar-refractivity contribution in [3.8, 4) is 0 Å². The van der Waals surface area contributed by atoms with Crippen LogP contribution in [0, 0.1) is 5.41 Å². The van der Waals surface area contributed by atoms with Crippen LogP contribution in [-0.2, 0) is 9.53 Å². The summed E-state index contributed by atoms with van der Waals surface area (Å²) in [6.45, 7) is -4.30. The molecular weight excluding hydrogens is 196 g/mol. The average Bonchev–Trinajstić information content (AvgIpc) is 2.14. The van der Waals surface area contributed by atoms with E-state index >= 15 is 0 Å². The maximum atomic E-state index is 12.6. The lowest BCUT2D eigenvalue weighted by atomic mass is 9.43. The number of Topliss-reactive ketones (excluding diaryl/α,β-unsaturated/α-hetero) is 1. The first-order valence-electron chi connectivity index (χ1n) is 4.78. The monoisotopic (exact) mass is 207 g/mol. The molecule has 0 aromatic heterocycles. The Hall–Kier alpha value is -0.515. The lowest BCUT2D eigenvalue weighted by molar-refractivity contribution is -0.147. The van der Waals surface area contributed by atoms with Gasteiger partial charge in [0.25, 0.3) is 0 Å². The first-order chi connectivity index (χ1) is 6.47. The van der Waals surface area contributed by atoms with Crippen LogP contribution in [0.2, 0.25) is 5.82 Å². The largest absolute Gasteiger partial charge is 0.482 e.